The highest BCUT2D eigenvalue weighted by Crippen LogP contribution is 2.24. The molecule has 0 aliphatic carbocycles. The lowest BCUT2D eigenvalue weighted by molar-refractivity contribution is -0.274. The third kappa shape index (κ3) is 4.62. The summed E-state index contributed by atoms with van der Waals surface area (Å²) in [6.45, 7) is 0.205. The fourth-order valence-electron chi connectivity index (χ4n) is 1.63. The maximum absolute atomic E-state index is 13.0. The van der Waals surface area contributed by atoms with Crippen LogP contribution < -0.4 is 10.1 Å². The normalized spacial score (nSPS) is 11.3. The predicted molar refractivity (Wildman–Crippen MR) is 66.8 cm³/mol. The van der Waals surface area contributed by atoms with Gasteiger partial charge in [-0.2, -0.15) is 0 Å². The van der Waals surface area contributed by atoms with Crippen molar-refractivity contribution in [3.8, 4) is 5.75 Å². The molecule has 2 rings (SSSR count). The van der Waals surface area contributed by atoms with Gasteiger partial charge in [0.15, 0.2) is 11.6 Å². The molecule has 2 aromatic rings. The Morgan fingerprint density at radius 3 is 2.14 bits per heavy atom. The maximum atomic E-state index is 13.0. The van der Waals surface area contributed by atoms with E-state index in [0.29, 0.717) is 11.3 Å². The van der Waals surface area contributed by atoms with Crippen molar-refractivity contribution in [2.75, 3.05) is 5.32 Å². The van der Waals surface area contributed by atoms with Crippen molar-refractivity contribution >= 4 is 5.69 Å². The number of halogens is 5. The lowest BCUT2D eigenvalue weighted by atomic mass is 10.2. The molecule has 0 atom stereocenters. The van der Waals surface area contributed by atoms with Crippen LogP contribution in [0, 0.1) is 11.6 Å². The fourth-order valence-corrected chi connectivity index (χ4v) is 1.63. The van der Waals surface area contributed by atoms with E-state index in [1.165, 1.54) is 18.2 Å². The second kappa shape index (κ2) is 5.99. The molecule has 0 unspecified atom stereocenters. The van der Waals surface area contributed by atoms with Gasteiger partial charge in [-0.25, -0.2) is 8.78 Å². The van der Waals surface area contributed by atoms with Gasteiger partial charge in [0.05, 0.1) is 0 Å². The van der Waals surface area contributed by atoms with Crippen LogP contribution in [0.5, 0.6) is 5.75 Å². The first kappa shape index (κ1) is 15.1. The van der Waals surface area contributed by atoms with Gasteiger partial charge in [-0.1, -0.05) is 6.07 Å². The molecule has 0 fully saturated rings. The lowest BCUT2D eigenvalue weighted by Gasteiger charge is -2.10. The molecule has 0 saturated heterocycles. The number of hydrogen-bond acceptors (Lipinski definition) is 2. The lowest BCUT2D eigenvalue weighted by Crippen LogP contribution is -2.17. The van der Waals surface area contributed by atoms with Gasteiger partial charge in [-0.05, 0) is 42.0 Å². The zero-order chi connectivity index (χ0) is 15.5. The summed E-state index contributed by atoms with van der Waals surface area (Å²) in [5.41, 5.74) is 1.03. The summed E-state index contributed by atoms with van der Waals surface area (Å²) >= 11 is 0. The molecule has 7 heteroatoms. The van der Waals surface area contributed by atoms with Gasteiger partial charge in [-0.15, -0.1) is 13.2 Å². The molecule has 21 heavy (non-hydrogen) atoms. The fraction of sp³-hybridized carbons (Fsp3) is 0.143. The van der Waals surface area contributed by atoms with Crippen molar-refractivity contribution in [1.29, 1.82) is 0 Å². The van der Waals surface area contributed by atoms with Gasteiger partial charge < -0.3 is 10.1 Å². The number of benzene rings is 2. The van der Waals surface area contributed by atoms with Crippen LogP contribution in [-0.4, -0.2) is 6.36 Å². The standard InChI is InChI=1S/C14H10F5NO/c15-12-6-1-9(7-13(12)16)8-20-10-2-4-11(5-3-10)21-14(17,18)19/h1-7,20H,8H2. The van der Waals surface area contributed by atoms with E-state index >= 15 is 0 Å². The average Bonchev–Trinajstić information content (AvgIpc) is 2.40. The second-order valence-corrected chi connectivity index (χ2v) is 4.17. The first-order chi connectivity index (χ1) is 9.83. The molecular weight excluding hydrogens is 293 g/mol. The molecule has 0 saturated carbocycles. The molecule has 2 nitrogen and oxygen atoms in total. The van der Waals surface area contributed by atoms with Crippen molar-refractivity contribution in [2.24, 2.45) is 0 Å². The van der Waals surface area contributed by atoms with E-state index in [1.807, 2.05) is 0 Å². The Morgan fingerprint density at radius 1 is 0.905 bits per heavy atom. The summed E-state index contributed by atoms with van der Waals surface area (Å²) < 4.78 is 65.4. The Labute approximate surface area is 117 Å². The van der Waals surface area contributed by atoms with Gasteiger partial charge >= 0.3 is 6.36 Å². The number of hydrogen-bond donors (Lipinski definition) is 1. The highest BCUT2D eigenvalue weighted by atomic mass is 19.4. The Morgan fingerprint density at radius 2 is 1.57 bits per heavy atom. The van der Waals surface area contributed by atoms with Gasteiger partial charge in [0, 0.05) is 12.2 Å². The van der Waals surface area contributed by atoms with E-state index in [-0.39, 0.29) is 12.3 Å². The largest absolute Gasteiger partial charge is 0.573 e. The molecular formula is C14H10F5NO. The molecule has 0 radical (unpaired) electrons. The van der Waals surface area contributed by atoms with E-state index < -0.39 is 18.0 Å². The van der Waals surface area contributed by atoms with E-state index in [1.54, 1.807) is 0 Å². The summed E-state index contributed by atoms with van der Waals surface area (Å²) in [5, 5.41) is 2.87. The van der Waals surface area contributed by atoms with Crippen LogP contribution >= 0.6 is 0 Å². The minimum atomic E-state index is -4.74. The van der Waals surface area contributed by atoms with Gasteiger partial charge in [0.1, 0.15) is 5.75 Å². The zero-order valence-electron chi connectivity index (χ0n) is 10.5. The number of nitrogens with one attached hydrogen (secondary N) is 1. The summed E-state index contributed by atoms with van der Waals surface area (Å²) in [4.78, 5) is 0. The topological polar surface area (TPSA) is 21.3 Å². The van der Waals surface area contributed by atoms with E-state index in [9.17, 15) is 22.0 Å². The maximum Gasteiger partial charge on any atom is 0.573 e. The first-order valence-electron chi connectivity index (χ1n) is 5.87. The van der Waals surface area contributed by atoms with Gasteiger partial charge in [-0.3, -0.25) is 0 Å². The molecule has 0 bridgehead atoms. The quantitative estimate of drug-likeness (QED) is 0.841. The Hall–Kier alpha value is -2.31. The van der Waals surface area contributed by atoms with Crippen LogP contribution in [-0.2, 0) is 6.54 Å². The molecule has 112 valence electrons. The Bertz CT molecular complexity index is 610. The average molecular weight is 303 g/mol. The molecule has 0 heterocycles. The van der Waals surface area contributed by atoms with E-state index in [0.717, 1.165) is 24.3 Å². The molecule has 0 aliphatic heterocycles. The van der Waals surface area contributed by atoms with Gasteiger partial charge in [0.25, 0.3) is 0 Å². The third-order valence-corrected chi connectivity index (χ3v) is 2.57. The summed E-state index contributed by atoms with van der Waals surface area (Å²) in [7, 11) is 0. The summed E-state index contributed by atoms with van der Waals surface area (Å²) in [6.07, 6.45) is -4.74. The third-order valence-electron chi connectivity index (χ3n) is 2.57. The number of rotatable bonds is 4. The smallest absolute Gasteiger partial charge is 0.406 e. The molecule has 0 spiro atoms. The van der Waals surface area contributed by atoms with E-state index in [2.05, 4.69) is 10.1 Å². The highest BCUT2D eigenvalue weighted by Gasteiger charge is 2.30. The zero-order valence-corrected chi connectivity index (χ0v) is 10.5. The summed E-state index contributed by atoms with van der Waals surface area (Å²) in [6, 6.07) is 8.55. The predicted octanol–water partition coefficient (Wildman–Crippen LogP) is 4.48. The highest BCUT2D eigenvalue weighted by molar-refractivity contribution is 5.46. The van der Waals surface area contributed by atoms with Crippen molar-refractivity contribution in [2.45, 2.75) is 12.9 Å². The van der Waals surface area contributed by atoms with Crippen molar-refractivity contribution in [3.63, 3.8) is 0 Å². The van der Waals surface area contributed by atoms with Crippen molar-refractivity contribution in [1.82, 2.24) is 0 Å². The van der Waals surface area contributed by atoms with Crippen LogP contribution in [0.15, 0.2) is 42.5 Å². The van der Waals surface area contributed by atoms with Crippen molar-refractivity contribution < 1.29 is 26.7 Å². The first-order valence-corrected chi connectivity index (χ1v) is 5.87. The summed E-state index contributed by atoms with van der Waals surface area (Å²) in [5.74, 6) is -2.23. The van der Waals surface area contributed by atoms with Gasteiger partial charge in [0.2, 0.25) is 0 Å². The SMILES string of the molecule is Fc1ccc(CNc2ccc(OC(F)(F)F)cc2)cc1F. The van der Waals surface area contributed by atoms with Crippen molar-refractivity contribution in [3.05, 3.63) is 59.7 Å². The number of alkyl halides is 3. The van der Waals surface area contributed by atoms with Crippen LogP contribution in [0.4, 0.5) is 27.6 Å². The number of anilines is 1. The van der Waals surface area contributed by atoms with Crippen LogP contribution in [0.3, 0.4) is 0 Å². The minimum absolute atomic E-state index is 0.205. The molecule has 1 N–H and O–H groups in total. The monoisotopic (exact) mass is 303 g/mol. The molecule has 0 aliphatic rings. The Balaban J connectivity index is 1.96. The second-order valence-electron chi connectivity index (χ2n) is 4.17. The molecule has 2 aromatic carbocycles. The molecule has 0 aromatic heterocycles. The van der Waals surface area contributed by atoms with Crippen LogP contribution in [0.25, 0.3) is 0 Å². The van der Waals surface area contributed by atoms with Crippen LogP contribution in [0.1, 0.15) is 5.56 Å². The van der Waals surface area contributed by atoms with E-state index in [4.69, 9.17) is 0 Å². The Kier molecular flexibility index (Phi) is 4.30. The number of ether oxygens (including phenoxy) is 1. The van der Waals surface area contributed by atoms with Crippen LogP contribution in [0.2, 0.25) is 0 Å². The molecule has 0 amide bonds. The minimum Gasteiger partial charge on any atom is -0.406 e.